The third-order valence-corrected chi connectivity index (χ3v) is 1.22. The first-order chi connectivity index (χ1) is 5.85. The molecule has 0 aliphatic carbocycles. The van der Waals surface area contributed by atoms with Gasteiger partial charge < -0.3 is 10.0 Å². The molecule has 2 N–H and O–H groups in total. The summed E-state index contributed by atoms with van der Waals surface area (Å²) in [6.07, 6.45) is 2.89. The summed E-state index contributed by atoms with van der Waals surface area (Å²) in [6, 6.07) is 10.3. The predicted octanol–water partition coefficient (Wildman–Crippen LogP) is 0.920. The first-order valence-corrected chi connectivity index (χ1v) is 3.60. The van der Waals surface area contributed by atoms with Gasteiger partial charge in [0.15, 0.2) is 0 Å². The second kappa shape index (κ2) is 8.05. The van der Waals surface area contributed by atoms with E-state index in [1.807, 2.05) is 24.3 Å². The van der Waals surface area contributed by atoms with Crippen molar-refractivity contribution in [1.82, 2.24) is 0 Å². The standard InChI is InChI=1S/C9H10.BH2O2/c1-2-6-9-7-4-3-5-8-9;2-1-3/h2-5,7-8H,1,6H2;2-3H. The van der Waals surface area contributed by atoms with Crippen LogP contribution in [0.15, 0.2) is 43.0 Å². The molecular weight excluding hydrogens is 151 g/mol. The second-order valence-electron chi connectivity index (χ2n) is 2.09. The van der Waals surface area contributed by atoms with Crippen molar-refractivity contribution in [3.63, 3.8) is 0 Å². The molecule has 0 spiro atoms. The van der Waals surface area contributed by atoms with Gasteiger partial charge in [-0.1, -0.05) is 36.4 Å². The van der Waals surface area contributed by atoms with Crippen molar-refractivity contribution >= 4 is 7.69 Å². The Kier molecular flexibility index (Phi) is 7.34. The number of allylic oxidation sites excluding steroid dienone is 1. The summed E-state index contributed by atoms with van der Waals surface area (Å²) in [5.74, 6) is 0. The molecule has 63 valence electrons. The van der Waals surface area contributed by atoms with E-state index in [9.17, 15) is 0 Å². The average Bonchev–Trinajstić information content (AvgIpc) is 2.08. The zero-order chi connectivity index (χ0) is 9.23. The Morgan fingerprint density at radius 2 is 1.75 bits per heavy atom. The van der Waals surface area contributed by atoms with Crippen LogP contribution in [0, 0.1) is 0 Å². The SMILES string of the molecule is C=CCc1ccccc1.O[B]O. The molecule has 0 heterocycles. The van der Waals surface area contributed by atoms with Gasteiger partial charge in [0.1, 0.15) is 0 Å². The van der Waals surface area contributed by atoms with Gasteiger partial charge in [-0.2, -0.15) is 0 Å². The quantitative estimate of drug-likeness (QED) is 0.502. The van der Waals surface area contributed by atoms with Crippen LogP contribution in [0.2, 0.25) is 0 Å². The van der Waals surface area contributed by atoms with Gasteiger partial charge in [-0.25, -0.2) is 0 Å². The molecule has 0 aliphatic heterocycles. The Morgan fingerprint density at radius 3 is 2.17 bits per heavy atom. The zero-order valence-corrected chi connectivity index (χ0v) is 6.85. The van der Waals surface area contributed by atoms with Gasteiger partial charge in [0.2, 0.25) is 0 Å². The lowest BCUT2D eigenvalue weighted by Crippen LogP contribution is -1.75. The molecule has 0 fully saturated rings. The minimum atomic E-state index is 0. The van der Waals surface area contributed by atoms with Crippen LogP contribution in [0.5, 0.6) is 0 Å². The zero-order valence-electron chi connectivity index (χ0n) is 6.85. The summed E-state index contributed by atoms with van der Waals surface area (Å²) >= 11 is 0. The van der Waals surface area contributed by atoms with Gasteiger partial charge in [0, 0.05) is 0 Å². The van der Waals surface area contributed by atoms with Crippen molar-refractivity contribution in [1.29, 1.82) is 0 Å². The van der Waals surface area contributed by atoms with Crippen LogP contribution in [0.3, 0.4) is 0 Å². The Balaban J connectivity index is 0.000000354. The fourth-order valence-corrected chi connectivity index (χ4v) is 0.781. The van der Waals surface area contributed by atoms with E-state index in [0.717, 1.165) is 6.42 Å². The van der Waals surface area contributed by atoms with Crippen LogP contribution in [-0.4, -0.2) is 17.7 Å². The topological polar surface area (TPSA) is 40.5 Å². The molecule has 1 aromatic rings. The number of hydrogen-bond donors (Lipinski definition) is 2. The van der Waals surface area contributed by atoms with Crippen molar-refractivity contribution in [3.05, 3.63) is 48.6 Å². The van der Waals surface area contributed by atoms with Crippen LogP contribution >= 0.6 is 0 Å². The van der Waals surface area contributed by atoms with Crippen LogP contribution in [0.4, 0.5) is 0 Å². The predicted molar refractivity (Wildman–Crippen MR) is 50.5 cm³/mol. The molecule has 1 aromatic carbocycles. The fraction of sp³-hybridized carbons (Fsp3) is 0.111. The van der Waals surface area contributed by atoms with Gasteiger partial charge in [-0.05, 0) is 12.0 Å². The maximum atomic E-state index is 7.00. The van der Waals surface area contributed by atoms with Gasteiger partial charge >= 0.3 is 7.69 Å². The molecule has 3 heteroatoms. The van der Waals surface area contributed by atoms with E-state index in [4.69, 9.17) is 10.0 Å². The minimum Gasteiger partial charge on any atom is -0.429 e. The highest BCUT2D eigenvalue weighted by Gasteiger charge is 1.82. The first kappa shape index (κ1) is 10.9. The van der Waals surface area contributed by atoms with Crippen LogP contribution in [0.25, 0.3) is 0 Å². The molecule has 1 radical (unpaired) electrons. The van der Waals surface area contributed by atoms with Gasteiger partial charge in [0.25, 0.3) is 0 Å². The van der Waals surface area contributed by atoms with Crippen LogP contribution in [-0.2, 0) is 6.42 Å². The highest BCUT2D eigenvalue weighted by molar-refractivity contribution is 6.13. The smallest absolute Gasteiger partial charge is 0.429 e. The molecule has 1 rings (SSSR count). The van der Waals surface area contributed by atoms with Crippen molar-refractivity contribution in [2.75, 3.05) is 0 Å². The van der Waals surface area contributed by atoms with E-state index < -0.39 is 0 Å². The lowest BCUT2D eigenvalue weighted by Gasteiger charge is -1.91. The van der Waals surface area contributed by atoms with Crippen molar-refractivity contribution in [2.24, 2.45) is 0 Å². The Labute approximate surface area is 73.5 Å². The minimum absolute atomic E-state index is 0. The molecule has 0 bridgehead atoms. The molecule has 0 saturated heterocycles. The van der Waals surface area contributed by atoms with Gasteiger partial charge in [-0.3, -0.25) is 0 Å². The summed E-state index contributed by atoms with van der Waals surface area (Å²) in [7, 11) is 0. The van der Waals surface area contributed by atoms with E-state index in [-0.39, 0.29) is 7.69 Å². The van der Waals surface area contributed by atoms with Crippen molar-refractivity contribution in [3.8, 4) is 0 Å². The largest absolute Gasteiger partial charge is 0.482 e. The maximum Gasteiger partial charge on any atom is 0.482 e. The molecular formula is C9H12BO2. The van der Waals surface area contributed by atoms with E-state index in [0.29, 0.717) is 0 Å². The number of rotatable bonds is 2. The van der Waals surface area contributed by atoms with Crippen LogP contribution < -0.4 is 0 Å². The lowest BCUT2D eigenvalue weighted by molar-refractivity contribution is 0.448. The van der Waals surface area contributed by atoms with Crippen molar-refractivity contribution in [2.45, 2.75) is 6.42 Å². The average molecular weight is 163 g/mol. The summed E-state index contributed by atoms with van der Waals surface area (Å²) in [5.41, 5.74) is 1.33. The molecule has 0 aliphatic rings. The molecule has 0 atom stereocenters. The summed E-state index contributed by atoms with van der Waals surface area (Å²) in [4.78, 5) is 0. The molecule has 2 nitrogen and oxygen atoms in total. The fourth-order valence-electron chi connectivity index (χ4n) is 0.781. The summed E-state index contributed by atoms with van der Waals surface area (Å²) < 4.78 is 0. The Hall–Kier alpha value is -1.06. The monoisotopic (exact) mass is 163 g/mol. The normalized spacial score (nSPS) is 7.83. The van der Waals surface area contributed by atoms with E-state index >= 15 is 0 Å². The van der Waals surface area contributed by atoms with E-state index in [2.05, 4.69) is 18.7 Å². The van der Waals surface area contributed by atoms with Crippen molar-refractivity contribution < 1.29 is 10.0 Å². The molecule has 12 heavy (non-hydrogen) atoms. The highest BCUT2D eigenvalue weighted by Crippen LogP contribution is 1.98. The highest BCUT2D eigenvalue weighted by atomic mass is 16.4. The maximum absolute atomic E-state index is 7.00. The van der Waals surface area contributed by atoms with Gasteiger partial charge in [-0.15, -0.1) is 6.58 Å². The first-order valence-electron chi connectivity index (χ1n) is 3.60. The Morgan fingerprint density at radius 1 is 1.25 bits per heavy atom. The Bertz CT molecular complexity index is 199. The molecule has 0 amide bonds. The number of hydrogen-bond acceptors (Lipinski definition) is 2. The van der Waals surface area contributed by atoms with Crippen LogP contribution in [0.1, 0.15) is 5.56 Å². The second-order valence-corrected chi connectivity index (χ2v) is 2.09. The van der Waals surface area contributed by atoms with E-state index in [1.165, 1.54) is 5.56 Å². The molecule has 0 aromatic heterocycles. The third kappa shape index (κ3) is 5.71. The summed E-state index contributed by atoms with van der Waals surface area (Å²) in [5, 5.41) is 14.0. The lowest BCUT2D eigenvalue weighted by atomic mass is 10.2. The number of benzene rings is 1. The summed E-state index contributed by atoms with van der Waals surface area (Å²) in [6.45, 7) is 3.66. The van der Waals surface area contributed by atoms with Gasteiger partial charge in [0.05, 0.1) is 0 Å². The van der Waals surface area contributed by atoms with E-state index in [1.54, 1.807) is 0 Å². The molecule has 0 saturated carbocycles. The molecule has 0 unspecified atom stereocenters. The third-order valence-electron chi connectivity index (χ3n) is 1.22.